The van der Waals surface area contributed by atoms with Crippen molar-refractivity contribution in [3.8, 4) is 0 Å². The molecule has 4 heteroatoms. The third-order valence-corrected chi connectivity index (χ3v) is 3.39. The van der Waals surface area contributed by atoms with Gasteiger partial charge in [-0.1, -0.05) is 35.4 Å². The molecule has 0 aliphatic heterocycles. The van der Waals surface area contributed by atoms with E-state index in [1.807, 2.05) is 32.0 Å². The van der Waals surface area contributed by atoms with Crippen molar-refractivity contribution >= 4 is 23.3 Å². The predicted molar refractivity (Wildman–Crippen MR) is 80.9 cm³/mol. The van der Waals surface area contributed by atoms with Crippen LogP contribution in [-0.2, 0) is 11.3 Å². The van der Waals surface area contributed by atoms with Crippen molar-refractivity contribution in [3.05, 3.63) is 63.7 Å². The van der Waals surface area contributed by atoms with Crippen LogP contribution < -0.4 is 5.73 Å². The van der Waals surface area contributed by atoms with E-state index in [9.17, 15) is 4.79 Å². The fourth-order valence-corrected chi connectivity index (χ4v) is 2.14. The molecule has 0 fully saturated rings. The number of rotatable bonds is 3. The maximum absolute atomic E-state index is 12.0. The average molecular weight is 290 g/mol. The molecular formula is C16H16ClNO2. The highest BCUT2D eigenvalue weighted by molar-refractivity contribution is 6.33. The smallest absolute Gasteiger partial charge is 0.339 e. The standard InChI is InChI=1S/C16H16ClNO2/c1-10-3-4-11(2)12(7-10)9-20-16(19)14-6-5-13(18)8-15(14)17/h3-8H,9,18H2,1-2H3. The minimum atomic E-state index is -0.448. The summed E-state index contributed by atoms with van der Waals surface area (Å²) in [5, 5.41) is 0.302. The molecule has 0 saturated carbocycles. The van der Waals surface area contributed by atoms with Gasteiger partial charge in [-0.25, -0.2) is 4.79 Å². The van der Waals surface area contributed by atoms with Gasteiger partial charge in [0.05, 0.1) is 10.6 Å². The molecule has 0 saturated heterocycles. The maximum Gasteiger partial charge on any atom is 0.339 e. The van der Waals surface area contributed by atoms with Gasteiger partial charge in [0.2, 0.25) is 0 Å². The summed E-state index contributed by atoms with van der Waals surface area (Å²) >= 11 is 5.98. The van der Waals surface area contributed by atoms with E-state index in [2.05, 4.69) is 0 Å². The summed E-state index contributed by atoms with van der Waals surface area (Å²) in [6.45, 7) is 4.22. The Morgan fingerprint density at radius 1 is 1.20 bits per heavy atom. The zero-order valence-corrected chi connectivity index (χ0v) is 12.2. The Hall–Kier alpha value is -2.00. The molecule has 2 aromatic rings. The minimum Gasteiger partial charge on any atom is -0.457 e. The topological polar surface area (TPSA) is 52.3 Å². The summed E-state index contributed by atoms with van der Waals surface area (Å²) in [6.07, 6.45) is 0. The van der Waals surface area contributed by atoms with Crippen molar-refractivity contribution in [2.75, 3.05) is 5.73 Å². The first-order valence-electron chi connectivity index (χ1n) is 6.25. The van der Waals surface area contributed by atoms with Gasteiger partial charge < -0.3 is 10.5 Å². The number of nitrogen functional groups attached to an aromatic ring is 1. The van der Waals surface area contributed by atoms with Crippen LogP contribution in [0.1, 0.15) is 27.0 Å². The Balaban J connectivity index is 2.10. The van der Waals surface area contributed by atoms with E-state index in [0.717, 1.165) is 16.7 Å². The molecule has 0 bridgehead atoms. The molecule has 0 spiro atoms. The number of carbonyl (C=O) groups excluding carboxylic acids is 1. The molecule has 0 amide bonds. The number of benzene rings is 2. The number of carbonyl (C=O) groups is 1. The van der Waals surface area contributed by atoms with Crippen molar-refractivity contribution in [2.24, 2.45) is 0 Å². The van der Waals surface area contributed by atoms with Gasteiger partial charge in [-0.05, 0) is 43.2 Å². The number of halogens is 1. The highest BCUT2D eigenvalue weighted by Crippen LogP contribution is 2.21. The van der Waals surface area contributed by atoms with Crippen LogP contribution in [-0.4, -0.2) is 5.97 Å². The van der Waals surface area contributed by atoms with E-state index in [1.165, 1.54) is 6.07 Å². The molecule has 0 heterocycles. The quantitative estimate of drug-likeness (QED) is 0.689. The van der Waals surface area contributed by atoms with Gasteiger partial charge >= 0.3 is 5.97 Å². The summed E-state index contributed by atoms with van der Waals surface area (Å²) in [5.41, 5.74) is 9.64. The number of hydrogen-bond acceptors (Lipinski definition) is 3. The third kappa shape index (κ3) is 3.31. The second-order valence-corrected chi connectivity index (χ2v) is 5.15. The lowest BCUT2D eigenvalue weighted by molar-refractivity contribution is 0.0472. The van der Waals surface area contributed by atoms with Crippen LogP contribution in [0.4, 0.5) is 5.69 Å². The number of esters is 1. The van der Waals surface area contributed by atoms with Crippen molar-refractivity contribution in [1.29, 1.82) is 0 Å². The summed E-state index contributed by atoms with van der Waals surface area (Å²) in [4.78, 5) is 12.0. The van der Waals surface area contributed by atoms with Crippen molar-refractivity contribution in [3.63, 3.8) is 0 Å². The fraction of sp³-hybridized carbons (Fsp3) is 0.188. The van der Waals surface area contributed by atoms with Gasteiger partial charge in [-0.3, -0.25) is 0 Å². The Bertz CT molecular complexity index is 653. The summed E-state index contributed by atoms with van der Waals surface area (Å²) in [7, 11) is 0. The van der Waals surface area contributed by atoms with Crippen LogP contribution in [0.25, 0.3) is 0 Å². The summed E-state index contributed by atoms with van der Waals surface area (Å²) in [6, 6.07) is 10.8. The first kappa shape index (κ1) is 14.4. The molecule has 3 nitrogen and oxygen atoms in total. The molecule has 104 valence electrons. The Morgan fingerprint density at radius 3 is 2.65 bits per heavy atom. The molecule has 2 N–H and O–H groups in total. The Kier molecular flexibility index (Phi) is 4.30. The highest BCUT2D eigenvalue weighted by Gasteiger charge is 2.12. The highest BCUT2D eigenvalue weighted by atomic mass is 35.5. The molecule has 0 aromatic heterocycles. The van der Waals surface area contributed by atoms with E-state index >= 15 is 0 Å². The lowest BCUT2D eigenvalue weighted by Crippen LogP contribution is -2.07. The largest absolute Gasteiger partial charge is 0.457 e. The molecule has 0 aliphatic rings. The predicted octanol–water partition coefficient (Wildman–Crippen LogP) is 3.90. The lowest BCUT2D eigenvalue weighted by atomic mass is 10.1. The summed E-state index contributed by atoms with van der Waals surface area (Å²) in [5.74, 6) is -0.448. The SMILES string of the molecule is Cc1ccc(C)c(COC(=O)c2ccc(N)cc2Cl)c1. The molecule has 2 rings (SSSR count). The molecular weight excluding hydrogens is 274 g/mol. The van der Waals surface area contributed by atoms with Gasteiger partial charge in [0, 0.05) is 5.69 Å². The van der Waals surface area contributed by atoms with Gasteiger partial charge in [-0.2, -0.15) is 0 Å². The van der Waals surface area contributed by atoms with Gasteiger partial charge in [0.1, 0.15) is 6.61 Å². The second-order valence-electron chi connectivity index (χ2n) is 4.75. The van der Waals surface area contributed by atoms with Crippen LogP contribution >= 0.6 is 11.6 Å². The molecule has 0 aliphatic carbocycles. The van der Waals surface area contributed by atoms with Gasteiger partial charge in [0.25, 0.3) is 0 Å². The number of anilines is 1. The number of ether oxygens (including phenoxy) is 1. The monoisotopic (exact) mass is 289 g/mol. The van der Waals surface area contributed by atoms with Crippen LogP contribution in [0.2, 0.25) is 5.02 Å². The molecule has 20 heavy (non-hydrogen) atoms. The van der Waals surface area contributed by atoms with Crippen molar-refractivity contribution in [1.82, 2.24) is 0 Å². The van der Waals surface area contributed by atoms with Gasteiger partial charge in [0.15, 0.2) is 0 Å². The first-order valence-corrected chi connectivity index (χ1v) is 6.63. The average Bonchev–Trinajstić information content (AvgIpc) is 2.39. The zero-order chi connectivity index (χ0) is 14.7. The Labute approximate surface area is 123 Å². The van der Waals surface area contributed by atoms with Crippen LogP contribution in [0.3, 0.4) is 0 Å². The third-order valence-electron chi connectivity index (χ3n) is 3.08. The van der Waals surface area contributed by atoms with Gasteiger partial charge in [-0.15, -0.1) is 0 Å². The second kappa shape index (κ2) is 5.97. The number of nitrogens with two attached hydrogens (primary N) is 1. The Morgan fingerprint density at radius 2 is 1.95 bits per heavy atom. The number of hydrogen-bond donors (Lipinski definition) is 1. The van der Waals surface area contributed by atoms with Crippen LogP contribution in [0, 0.1) is 13.8 Å². The maximum atomic E-state index is 12.0. The molecule has 2 aromatic carbocycles. The zero-order valence-electron chi connectivity index (χ0n) is 11.4. The van der Waals surface area contributed by atoms with E-state index in [0.29, 0.717) is 16.3 Å². The molecule has 0 radical (unpaired) electrons. The van der Waals surface area contributed by atoms with Crippen molar-refractivity contribution < 1.29 is 9.53 Å². The molecule has 0 unspecified atom stereocenters. The van der Waals surface area contributed by atoms with E-state index in [1.54, 1.807) is 12.1 Å². The van der Waals surface area contributed by atoms with Crippen LogP contribution in [0.15, 0.2) is 36.4 Å². The fourth-order valence-electron chi connectivity index (χ4n) is 1.87. The number of aryl methyl sites for hydroxylation is 2. The first-order chi connectivity index (χ1) is 9.47. The van der Waals surface area contributed by atoms with E-state index in [-0.39, 0.29) is 6.61 Å². The van der Waals surface area contributed by atoms with E-state index < -0.39 is 5.97 Å². The summed E-state index contributed by atoms with van der Waals surface area (Å²) < 4.78 is 5.31. The lowest BCUT2D eigenvalue weighted by Gasteiger charge is -2.09. The minimum absolute atomic E-state index is 0.229. The normalized spacial score (nSPS) is 10.3. The van der Waals surface area contributed by atoms with Crippen molar-refractivity contribution in [2.45, 2.75) is 20.5 Å². The van der Waals surface area contributed by atoms with Crippen LogP contribution in [0.5, 0.6) is 0 Å². The van der Waals surface area contributed by atoms with E-state index in [4.69, 9.17) is 22.1 Å². The molecule has 0 atom stereocenters.